The number of hydrogen-bond acceptors (Lipinski definition) is 4. The Kier molecular flexibility index (Phi) is 54.3. The van der Waals surface area contributed by atoms with Crippen LogP contribution in [0.2, 0.25) is 0 Å². The van der Waals surface area contributed by atoms with Gasteiger partial charge in [0.25, 0.3) is 0 Å². The highest BCUT2D eigenvalue weighted by atomic mass is 16.3. The highest BCUT2D eigenvalue weighted by molar-refractivity contribution is 4.56. The monoisotopic (exact) mass is 251 g/mol. The standard InChI is InChI=1S/C10H22O.3CH5N/c1-3-5-6-7-10(4-2)8-9-11;3*1-2/h10-11H,3-9H2,1-2H3;3*2H2,1H3. The molecule has 0 heterocycles. The van der Waals surface area contributed by atoms with Crippen LogP contribution in [0.15, 0.2) is 0 Å². The van der Waals surface area contributed by atoms with Crippen LogP contribution in [0.5, 0.6) is 0 Å². The highest BCUT2D eigenvalue weighted by Crippen LogP contribution is 2.16. The molecular weight excluding hydrogens is 214 g/mol. The van der Waals surface area contributed by atoms with Gasteiger partial charge in [-0.2, -0.15) is 0 Å². The van der Waals surface area contributed by atoms with E-state index in [4.69, 9.17) is 5.11 Å². The van der Waals surface area contributed by atoms with E-state index in [1.54, 1.807) is 0 Å². The Morgan fingerprint density at radius 1 is 0.824 bits per heavy atom. The molecule has 7 N–H and O–H groups in total. The van der Waals surface area contributed by atoms with E-state index in [-0.39, 0.29) is 0 Å². The molecule has 4 heteroatoms. The van der Waals surface area contributed by atoms with Gasteiger partial charge in [-0.05, 0) is 33.5 Å². The first-order chi connectivity index (χ1) is 8.35. The Labute approximate surface area is 109 Å². The van der Waals surface area contributed by atoms with Gasteiger partial charge in [-0.25, -0.2) is 0 Å². The van der Waals surface area contributed by atoms with Gasteiger partial charge >= 0.3 is 0 Å². The third-order valence-electron chi connectivity index (χ3n) is 2.33. The van der Waals surface area contributed by atoms with Gasteiger partial charge in [-0.1, -0.05) is 46.0 Å². The minimum Gasteiger partial charge on any atom is -0.396 e. The lowest BCUT2D eigenvalue weighted by Crippen LogP contribution is -2.01. The fraction of sp³-hybridized carbons (Fsp3) is 1.00. The van der Waals surface area contributed by atoms with E-state index < -0.39 is 0 Å². The summed E-state index contributed by atoms with van der Waals surface area (Å²) in [7, 11) is 4.50. The molecule has 1 atom stereocenters. The maximum absolute atomic E-state index is 8.72. The molecule has 0 aromatic heterocycles. The molecule has 17 heavy (non-hydrogen) atoms. The first kappa shape index (κ1) is 25.6. The zero-order valence-corrected chi connectivity index (χ0v) is 12.7. The number of aliphatic hydroxyl groups excluding tert-OH is 1. The number of rotatable bonds is 7. The van der Waals surface area contributed by atoms with Gasteiger partial charge in [-0.3, -0.25) is 0 Å². The van der Waals surface area contributed by atoms with Crippen molar-refractivity contribution in [2.75, 3.05) is 27.7 Å². The number of hydrogen-bond donors (Lipinski definition) is 4. The van der Waals surface area contributed by atoms with E-state index in [9.17, 15) is 0 Å². The van der Waals surface area contributed by atoms with Gasteiger partial charge in [0.2, 0.25) is 0 Å². The van der Waals surface area contributed by atoms with Crippen LogP contribution in [0, 0.1) is 5.92 Å². The highest BCUT2D eigenvalue weighted by Gasteiger charge is 2.03. The van der Waals surface area contributed by atoms with E-state index in [1.165, 1.54) is 53.2 Å². The summed E-state index contributed by atoms with van der Waals surface area (Å²) in [6.07, 6.45) is 7.53. The Morgan fingerprint density at radius 2 is 1.29 bits per heavy atom. The van der Waals surface area contributed by atoms with Crippen LogP contribution in [0.1, 0.15) is 52.4 Å². The molecule has 4 nitrogen and oxygen atoms in total. The Balaban J connectivity index is -0.000000121. The van der Waals surface area contributed by atoms with Crippen LogP contribution >= 0.6 is 0 Å². The third kappa shape index (κ3) is 31.3. The van der Waals surface area contributed by atoms with Crippen molar-refractivity contribution < 1.29 is 5.11 Å². The lowest BCUT2D eigenvalue weighted by Gasteiger charge is -2.11. The Bertz CT molecular complexity index is 83.1. The molecule has 0 radical (unpaired) electrons. The topological polar surface area (TPSA) is 98.3 Å². The predicted octanol–water partition coefficient (Wildman–Crippen LogP) is 1.70. The maximum atomic E-state index is 8.72. The summed E-state index contributed by atoms with van der Waals surface area (Å²) >= 11 is 0. The van der Waals surface area contributed by atoms with Gasteiger partial charge in [0, 0.05) is 6.61 Å². The van der Waals surface area contributed by atoms with Crippen molar-refractivity contribution in [1.29, 1.82) is 0 Å². The quantitative estimate of drug-likeness (QED) is 0.518. The fourth-order valence-corrected chi connectivity index (χ4v) is 1.42. The SMILES string of the molecule is CCCCCC(CC)CCO.CN.CN.CN. The first-order valence-electron chi connectivity index (χ1n) is 6.69. The summed E-state index contributed by atoms with van der Waals surface area (Å²) < 4.78 is 0. The second kappa shape index (κ2) is 36.0. The van der Waals surface area contributed by atoms with Crippen molar-refractivity contribution in [1.82, 2.24) is 0 Å². The van der Waals surface area contributed by atoms with Crippen molar-refractivity contribution in [3.8, 4) is 0 Å². The predicted molar refractivity (Wildman–Crippen MR) is 80.0 cm³/mol. The average molecular weight is 251 g/mol. The van der Waals surface area contributed by atoms with Crippen molar-refractivity contribution in [2.24, 2.45) is 23.1 Å². The molecule has 0 fully saturated rings. The number of aliphatic hydroxyl groups is 1. The van der Waals surface area contributed by atoms with E-state index in [2.05, 4.69) is 31.0 Å². The summed E-state index contributed by atoms with van der Waals surface area (Å²) in [5.74, 6) is 0.770. The normalized spacial score (nSPS) is 9.71. The van der Waals surface area contributed by atoms with Gasteiger partial charge in [-0.15, -0.1) is 0 Å². The minimum absolute atomic E-state index is 0.366. The lowest BCUT2D eigenvalue weighted by molar-refractivity contribution is 0.247. The summed E-state index contributed by atoms with van der Waals surface area (Å²) in [4.78, 5) is 0. The molecule has 110 valence electrons. The molecule has 0 saturated heterocycles. The molecule has 0 spiro atoms. The molecule has 0 rings (SSSR count). The van der Waals surface area contributed by atoms with E-state index in [1.807, 2.05) is 0 Å². The van der Waals surface area contributed by atoms with Crippen LogP contribution in [-0.2, 0) is 0 Å². The molecule has 0 aromatic rings. The van der Waals surface area contributed by atoms with Crippen molar-refractivity contribution >= 4 is 0 Å². The van der Waals surface area contributed by atoms with Crippen LogP contribution in [0.25, 0.3) is 0 Å². The summed E-state index contributed by atoms with van der Waals surface area (Å²) in [5.41, 5.74) is 13.5. The lowest BCUT2D eigenvalue weighted by atomic mass is 9.96. The van der Waals surface area contributed by atoms with Gasteiger partial charge in [0.1, 0.15) is 0 Å². The van der Waals surface area contributed by atoms with Crippen molar-refractivity contribution in [3.63, 3.8) is 0 Å². The van der Waals surface area contributed by atoms with E-state index in [0.29, 0.717) is 6.61 Å². The zero-order valence-electron chi connectivity index (χ0n) is 12.7. The molecular formula is C13H37N3O. The number of unbranched alkanes of at least 4 members (excludes halogenated alkanes) is 2. The second-order valence-electron chi connectivity index (χ2n) is 3.28. The molecule has 0 saturated carbocycles. The molecule has 0 aromatic carbocycles. The van der Waals surface area contributed by atoms with Crippen molar-refractivity contribution in [3.05, 3.63) is 0 Å². The van der Waals surface area contributed by atoms with Crippen LogP contribution in [0.3, 0.4) is 0 Å². The molecule has 0 aliphatic carbocycles. The van der Waals surface area contributed by atoms with Crippen LogP contribution in [-0.4, -0.2) is 32.9 Å². The number of nitrogens with two attached hydrogens (primary N) is 3. The van der Waals surface area contributed by atoms with Crippen LogP contribution < -0.4 is 17.2 Å². The molecule has 0 amide bonds. The molecule has 0 aliphatic rings. The second-order valence-corrected chi connectivity index (χ2v) is 3.28. The minimum atomic E-state index is 0.366. The molecule has 0 bridgehead atoms. The van der Waals surface area contributed by atoms with Crippen molar-refractivity contribution in [2.45, 2.75) is 52.4 Å². The fourth-order valence-electron chi connectivity index (χ4n) is 1.42. The van der Waals surface area contributed by atoms with Gasteiger partial charge < -0.3 is 22.3 Å². The Hall–Kier alpha value is -0.160. The third-order valence-corrected chi connectivity index (χ3v) is 2.33. The Morgan fingerprint density at radius 3 is 1.59 bits per heavy atom. The first-order valence-corrected chi connectivity index (χ1v) is 6.69. The average Bonchev–Trinajstić information content (AvgIpc) is 2.44. The van der Waals surface area contributed by atoms with E-state index >= 15 is 0 Å². The van der Waals surface area contributed by atoms with Gasteiger partial charge in [0.15, 0.2) is 0 Å². The van der Waals surface area contributed by atoms with E-state index in [0.717, 1.165) is 12.3 Å². The summed E-state index contributed by atoms with van der Waals surface area (Å²) in [6.45, 7) is 4.81. The smallest absolute Gasteiger partial charge is 0.0433 e. The van der Waals surface area contributed by atoms with Crippen LogP contribution in [0.4, 0.5) is 0 Å². The molecule has 1 unspecified atom stereocenters. The van der Waals surface area contributed by atoms with Gasteiger partial charge in [0.05, 0.1) is 0 Å². The summed E-state index contributed by atoms with van der Waals surface area (Å²) in [5, 5.41) is 8.72. The summed E-state index contributed by atoms with van der Waals surface area (Å²) in [6, 6.07) is 0. The largest absolute Gasteiger partial charge is 0.396 e. The molecule has 0 aliphatic heterocycles. The zero-order chi connectivity index (χ0) is 14.5. The maximum Gasteiger partial charge on any atom is 0.0433 e.